The molecule has 1 aliphatic rings. The van der Waals surface area contributed by atoms with Gasteiger partial charge in [0.2, 0.25) is 5.91 Å². The molecule has 110 valence electrons. The number of esters is 1. The summed E-state index contributed by atoms with van der Waals surface area (Å²) in [4.78, 5) is 28.5. The molecule has 0 saturated carbocycles. The van der Waals surface area contributed by atoms with Gasteiger partial charge in [-0.2, -0.15) is 8.42 Å². The van der Waals surface area contributed by atoms with Gasteiger partial charge in [0.25, 0.3) is 0 Å². The Balaban J connectivity index is 2.12. The van der Waals surface area contributed by atoms with Crippen LogP contribution in [0.1, 0.15) is 16.1 Å². The van der Waals surface area contributed by atoms with E-state index in [4.69, 9.17) is 0 Å². The third-order valence-electron chi connectivity index (χ3n) is 2.75. The first-order valence-corrected chi connectivity index (χ1v) is 7.94. The number of ether oxygens (including phenoxy) is 1. The highest BCUT2D eigenvalue weighted by Gasteiger charge is 2.35. The number of methoxy groups -OCH3 is 1. The van der Waals surface area contributed by atoms with E-state index in [2.05, 4.69) is 9.72 Å². The van der Waals surface area contributed by atoms with Crippen LogP contribution in [0.4, 0.5) is 9.02 Å². The number of carbonyl (C=O) groups excluding carboxylic acids is 2. The lowest BCUT2D eigenvalue weighted by atomic mass is 10.1. The fraction of sp³-hybridized carbons (Fsp3) is 0.500. The van der Waals surface area contributed by atoms with E-state index in [1.54, 1.807) is 0 Å². The smallest absolute Gasteiger partial charge is 0.349 e. The first-order valence-electron chi connectivity index (χ1n) is 5.57. The maximum atomic E-state index is 12.6. The zero-order valence-corrected chi connectivity index (χ0v) is 12.0. The van der Waals surface area contributed by atoms with Crippen molar-refractivity contribution in [1.82, 2.24) is 4.98 Å². The molecule has 1 saturated heterocycles. The van der Waals surface area contributed by atoms with Crippen LogP contribution >= 0.6 is 11.3 Å². The Bertz CT molecular complexity index is 642. The number of halogens is 1. The fourth-order valence-corrected chi connectivity index (χ4v) is 3.59. The molecule has 1 unspecified atom stereocenters. The highest BCUT2D eigenvalue weighted by molar-refractivity contribution is 7.86. The molecular weight excluding hydrogens is 311 g/mol. The Morgan fingerprint density at radius 3 is 2.95 bits per heavy atom. The second kappa shape index (κ2) is 5.44. The van der Waals surface area contributed by atoms with Crippen molar-refractivity contribution in [3.05, 3.63) is 11.1 Å². The molecule has 0 radical (unpaired) electrons. The molecule has 20 heavy (non-hydrogen) atoms. The lowest BCUT2D eigenvalue weighted by molar-refractivity contribution is -0.117. The highest BCUT2D eigenvalue weighted by Crippen LogP contribution is 2.30. The molecular formula is C10H11FN2O5S2. The van der Waals surface area contributed by atoms with Gasteiger partial charge in [-0.05, 0) is 0 Å². The highest BCUT2D eigenvalue weighted by atomic mass is 32.3. The molecule has 0 aliphatic carbocycles. The van der Waals surface area contributed by atoms with E-state index in [9.17, 15) is 21.9 Å². The van der Waals surface area contributed by atoms with Gasteiger partial charge in [-0.25, -0.2) is 9.78 Å². The fourth-order valence-electron chi connectivity index (χ4n) is 1.94. The average molecular weight is 322 g/mol. The number of nitrogens with zero attached hydrogens (tertiary/aromatic N) is 2. The number of carbonyl (C=O) groups is 2. The van der Waals surface area contributed by atoms with Gasteiger partial charge in [0, 0.05) is 18.9 Å². The van der Waals surface area contributed by atoms with E-state index in [0.29, 0.717) is 0 Å². The van der Waals surface area contributed by atoms with Crippen LogP contribution in [-0.2, 0) is 19.8 Å². The SMILES string of the molecule is COC(=O)c1cnc(N2CC(CS(=O)(=O)F)CC2=O)s1. The molecule has 2 rings (SSSR count). The van der Waals surface area contributed by atoms with Gasteiger partial charge < -0.3 is 4.74 Å². The number of aromatic nitrogens is 1. The summed E-state index contributed by atoms with van der Waals surface area (Å²) in [5.74, 6) is -2.21. The third-order valence-corrected chi connectivity index (χ3v) is 4.62. The largest absolute Gasteiger partial charge is 0.465 e. The van der Waals surface area contributed by atoms with Gasteiger partial charge in [-0.3, -0.25) is 9.69 Å². The van der Waals surface area contributed by atoms with Crippen molar-refractivity contribution in [1.29, 1.82) is 0 Å². The molecule has 1 aromatic rings. The van der Waals surface area contributed by atoms with Gasteiger partial charge in [0.15, 0.2) is 5.13 Å². The summed E-state index contributed by atoms with van der Waals surface area (Å²) >= 11 is 0.963. The number of hydrogen-bond donors (Lipinski definition) is 0. The van der Waals surface area contributed by atoms with Crippen LogP contribution in [-0.4, -0.2) is 44.7 Å². The summed E-state index contributed by atoms with van der Waals surface area (Å²) in [6.07, 6.45) is 1.22. The summed E-state index contributed by atoms with van der Waals surface area (Å²) in [7, 11) is -3.39. The zero-order chi connectivity index (χ0) is 14.9. The molecule has 1 amide bonds. The topological polar surface area (TPSA) is 93.6 Å². The van der Waals surface area contributed by atoms with Gasteiger partial charge in [0.1, 0.15) is 4.88 Å². The quantitative estimate of drug-likeness (QED) is 0.594. The summed E-state index contributed by atoms with van der Waals surface area (Å²) in [5.41, 5.74) is 0. The molecule has 0 bridgehead atoms. The molecule has 1 fully saturated rings. The second-order valence-corrected chi connectivity index (χ2v) is 6.70. The number of hydrogen-bond acceptors (Lipinski definition) is 7. The van der Waals surface area contributed by atoms with Crippen LogP contribution in [0.2, 0.25) is 0 Å². The van der Waals surface area contributed by atoms with Gasteiger partial charge >= 0.3 is 16.2 Å². The number of anilines is 1. The van der Waals surface area contributed by atoms with Crippen LogP contribution in [0.15, 0.2) is 6.20 Å². The van der Waals surface area contributed by atoms with Crippen molar-refractivity contribution in [3.8, 4) is 0 Å². The summed E-state index contributed by atoms with van der Waals surface area (Å²) < 4.78 is 38.3. The monoisotopic (exact) mass is 322 g/mol. The second-order valence-electron chi connectivity index (χ2n) is 4.28. The average Bonchev–Trinajstić information content (AvgIpc) is 2.92. The van der Waals surface area contributed by atoms with Crippen molar-refractivity contribution >= 4 is 38.6 Å². The van der Waals surface area contributed by atoms with E-state index in [-0.39, 0.29) is 28.9 Å². The van der Waals surface area contributed by atoms with Crippen molar-refractivity contribution in [3.63, 3.8) is 0 Å². The molecule has 1 aliphatic heterocycles. The zero-order valence-electron chi connectivity index (χ0n) is 10.4. The lowest BCUT2D eigenvalue weighted by Crippen LogP contribution is -2.25. The van der Waals surface area contributed by atoms with Gasteiger partial charge in [-0.1, -0.05) is 11.3 Å². The van der Waals surface area contributed by atoms with Gasteiger partial charge in [0.05, 0.1) is 19.1 Å². The maximum absolute atomic E-state index is 12.6. The summed E-state index contributed by atoms with van der Waals surface area (Å²) in [6, 6.07) is 0. The van der Waals surface area contributed by atoms with Crippen molar-refractivity contribution in [2.75, 3.05) is 24.3 Å². The van der Waals surface area contributed by atoms with Crippen LogP contribution in [0, 0.1) is 5.92 Å². The van der Waals surface area contributed by atoms with Gasteiger partial charge in [-0.15, -0.1) is 3.89 Å². The van der Waals surface area contributed by atoms with Crippen molar-refractivity contribution < 1.29 is 26.6 Å². The minimum Gasteiger partial charge on any atom is -0.465 e. The summed E-state index contributed by atoms with van der Waals surface area (Å²) in [5, 5.41) is 0.272. The van der Waals surface area contributed by atoms with E-state index in [1.165, 1.54) is 18.2 Å². The first-order chi connectivity index (χ1) is 9.30. The molecule has 0 N–H and O–H groups in total. The lowest BCUT2D eigenvalue weighted by Gasteiger charge is -2.11. The van der Waals surface area contributed by atoms with E-state index < -0.39 is 27.9 Å². The Hall–Kier alpha value is -1.55. The van der Waals surface area contributed by atoms with Crippen LogP contribution < -0.4 is 4.90 Å². The first kappa shape index (κ1) is 14.9. The Kier molecular flexibility index (Phi) is 4.04. The summed E-state index contributed by atoms with van der Waals surface area (Å²) in [6.45, 7) is 0.0656. The number of amides is 1. The Labute approximate surface area is 118 Å². The van der Waals surface area contributed by atoms with E-state index in [0.717, 1.165) is 11.3 Å². The Morgan fingerprint density at radius 1 is 1.65 bits per heavy atom. The van der Waals surface area contributed by atoms with Crippen LogP contribution in [0.5, 0.6) is 0 Å². The van der Waals surface area contributed by atoms with Crippen molar-refractivity contribution in [2.24, 2.45) is 5.92 Å². The predicted molar refractivity (Wildman–Crippen MR) is 68.8 cm³/mol. The Morgan fingerprint density at radius 2 is 2.35 bits per heavy atom. The van der Waals surface area contributed by atoms with Crippen LogP contribution in [0.3, 0.4) is 0 Å². The molecule has 10 heteroatoms. The van der Waals surface area contributed by atoms with Crippen molar-refractivity contribution in [2.45, 2.75) is 6.42 Å². The van der Waals surface area contributed by atoms with E-state index in [1.807, 2.05) is 0 Å². The normalized spacial score (nSPS) is 19.4. The number of rotatable bonds is 4. The predicted octanol–water partition coefficient (Wildman–Crippen LogP) is 0.582. The molecule has 2 heterocycles. The van der Waals surface area contributed by atoms with Crippen LogP contribution in [0.25, 0.3) is 0 Å². The molecule has 0 aromatic carbocycles. The molecule has 7 nitrogen and oxygen atoms in total. The standard InChI is InChI=1S/C10H11FN2O5S2/c1-18-9(15)7-3-12-10(19-7)13-4-6(2-8(13)14)5-20(11,16)17/h3,6H,2,4-5H2,1H3. The molecule has 1 aromatic heterocycles. The maximum Gasteiger partial charge on any atom is 0.349 e. The molecule has 0 spiro atoms. The minimum absolute atomic E-state index is 0.0592. The third kappa shape index (κ3) is 3.31. The van der Waals surface area contributed by atoms with E-state index >= 15 is 0 Å². The minimum atomic E-state index is -4.62. The molecule has 1 atom stereocenters. The number of thiazole rings is 1.